The molecule has 1 aliphatic rings. The zero-order chi connectivity index (χ0) is 11.7. The minimum Gasteiger partial charge on any atom is -0.310 e. The van der Waals surface area contributed by atoms with Crippen LogP contribution in [0.15, 0.2) is 18.2 Å². The van der Waals surface area contributed by atoms with E-state index in [1.165, 1.54) is 5.56 Å². The summed E-state index contributed by atoms with van der Waals surface area (Å²) in [6.45, 7) is 4.96. The number of amides is 1. The lowest BCUT2D eigenvalue weighted by atomic mass is 10.1. The minimum atomic E-state index is -0.165. The normalized spacial score (nSPS) is 19.1. The lowest BCUT2D eigenvalue weighted by molar-refractivity contribution is -0.119. The second-order valence-electron chi connectivity index (χ2n) is 4.22. The number of nitrogens with one attached hydrogen (secondary N) is 1. The van der Waals surface area contributed by atoms with Crippen molar-refractivity contribution in [1.29, 1.82) is 0 Å². The molecule has 16 heavy (non-hydrogen) atoms. The van der Waals surface area contributed by atoms with Gasteiger partial charge in [-0.05, 0) is 26.0 Å². The lowest BCUT2D eigenvalue weighted by Crippen LogP contribution is -2.33. The number of aryl methyl sites for hydroxylation is 1. The van der Waals surface area contributed by atoms with Crippen molar-refractivity contribution in [3.63, 3.8) is 0 Å². The largest absolute Gasteiger partial charge is 0.310 e. The Hall–Kier alpha value is -1.35. The van der Waals surface area contributed by atoms with Crippen molar-refractivity contribution in [2.75, 3.05) is 18.5 Å². The number of fused-ring (bicyclic) bond motifs is 1. The summed E-state index contributed by atoms with van der Waals surface area (Å²) >= 11 is 0. The van der Waals surface area contributed by atoms with Gasteiger partial charge in [-0.1, -0.05) is 25.1 Å². The predicted octanol–water partition coefficient (Wildman–Crippen LogP) is 2.01. The van der Waals surface area contributed by atoms with Gasteiger partial charge < -0.3 is 10.2 Å². The Morgan fingerprint density at radius 1 is 1.44 bits per heavy atom. The number of hydrogen-bond donors (Lipinski definition) is 1. The number of carbonyl (C=O) groups excluding carboxylic acids is 1. The number of hydrogen-bond acceptors (Lipinski definition) is 2. The maximum Gasteiger partial charge on any atom is 0.248 e. The van der Waals surface area contributed by atoms with Crippen molar-refractivity contribution in [3.05, 3.63) is 29.3 Å². The molecule has 1 N–H and O–H groups in total. The first-order valence-corrected chi connectivity index (χ1v) is 5.78. The monoisotopic (exact) mass is 218 g/mol. The highest BCUT2D eigenvalue weighted by molar-refractivity contribution is 6.05. The van der Waals surface area contributed by atoms with Gasteiger partial charge in [-0.25, -0.2) is 0 Å². The lowest BCUT2D eigenvalue weighted by Gasteiger charge is -2.18. The summed E-state index contributed by atoms with van der Waals surface area (Å²) in [4.78, 5) is 14.1. The SMILES string of the molecule is CCCN1C(=O)C(NC)c2cccc(C)c21. The van der Waals surface area contributed by atoms with Crippen molar-refractivity contribution in [1.82, 2.24) is 5.32 Å². The molecular formula is C13H18N2O. The van der Waals surface area contributed by atoms with Gasteiger partial charge in [0.05, 0.1) is 5.69 Å². The Bertz CT molecular complexity index is 414. The van der Waals surface area contributed by atoms with E-state index in [2.05, 4.69) is 25.2 Å². The van der Waals surface area contributed by atoms with Gasteiger partial charge in [-0.2, -0.15) is 0 Å². The zero-order valence-electron chi connectivity index (χ0n) is 10.1. The molecule has 86 valence electrons. The third kappa shape index (κ3) is 1.52. The van der Waals surface area contributed by atoms with E-state index in [1.807, 2.05) is 24.1 Å². The van der Waals surface area contributed by atoms with E-state index in [4.69, 9.17) is 0 Å². The number of para-hydroxylation sites is 1. The Kier molecular flexibility index (Phi) is 2.97. The van der Waals surface area contributed by atoms with Gasteiger partial charge in [0, 0.05) is 12.1 Å². The topological polar surface area (TPSA) is 32.3 Å². The molecule has 0 spiro atoms. The molecule has 1 heterocycles. The third-order valence-corrected chi connectivity index (χ3v) is 3.10. The summed E-state index contributed by atoms with van der Waals surface area (Å²) in [6, 6.07) is 5.95. The maximum atomic E-state index is 12.2. The molecule has 1 aromatic carbocycles. The molecule has 1 amide bonds. The number of anilines is 1. The van der Waals surface area contributed by atoms with Crippen molar-refractivity contribution in [2.45, 2.75) is 26.3 Å². The molecule has 3 nitrogen and oxygen atoms in total. The Morgan fingerprint density at radius 2 is 2.19 bits per heavy atom. The number of likely N-dealkylation sites (N-methyl/N-ethyl adjacent to an activating group) is 1. The van der Waals surface area contributed by atoms with E-state index < -0.39 is 0 Å². The molecule has 0 aliphatic carbocycles. The smallest absolute Gasteiger partial charge is 0.248 e. The molecular weight excluding hydrogens is 200 g/mol. The second-order valence-corrected chi connectivity index (χ2v) is 4.22. The molecule has 0 saturated heterocycles. The molecule has 0 fully saturated rings. The summed E-state index contributed by atoms with van der Waals surface area (Å²) in [5.41, 5.74) is 3.40. The first-order chi connectivity index (χ1) is 7.70. The summed E-state index contributed by atoms with van der Waals surface area (Å²) in [6.07, 6.45) is 0.982. The van der Waals surface area contributed by atoms with E-state index in [1.54, 1.807) is 0 Å². The van der Waals surface area contributed by atoms with Crippen LogP contribution in [0.4, 0.5) is 5.69 Å². The standard InChI is InChI=1S/C13H18N2O/c1-4-8-15-12-9(2)6-5-7-10(12)11(14-3)13(15)16/h5-7,11,14H,4,8H2,1-3H3. The molecule has 2 rings (SSSR count). The van der Waals surface area contributed by atoms with E-state index in [9.17, 15) is 4.79 Å². The van der Waals surface area contributed by atoms with Gasteiger partial charge in [-0.3, -0.25) is 4.79 Å². The molecule has 0 radical (unpaired) electrons. The van der Waals surface area contributed by atoms with Crippen LogP contribution in [0.25, 0.3) is 0 Å². The average molecular weight is 218 g/mol. The molecule has 1 atom stereocenters. The second kappa shape index (κ2) is 4.26. The molecule has 1 unspecified atom stereocenters. The Morgan fingerprint density at radius 3 is 2.81 bits per heavy atom. The van der Waals surface area contributed by atoms with Crippen LogP contribution in [0, 0.1) is 6.92 Å². The van der Waals surface area contributed by atoms with Crippen molar-refractivity contribution in [3.8, 4) is 0 Å². The molecule has 0 aromatic heterocycles. The first-order valence-electron chi connectivity index (χ1n) is 5.78. The van der Waals surface area contributed by atoms with Crippen LogP contribution >= 0.6 is 0 Å². The molecule has 1 aliphatic heterocycles. The zero-order valence-corrected chi connectivity index (χ0v) is 10.1. The highest BCUT2D eigenvalue weighted by Crippen LogP contribution is 2.37. The van der Waals surface area contributed by atoms with Crippen LogP contribution in [-0.2, 0) is 4.79 Å². The average Bonchev–Trinajstić information content (AvgIpc) is 2.54. The van der Waals surface area contributed by atoms with E-state index >= 15 is 0 Å². The first kappa shape index (κ1) is 11.1. The molecule has 0 bridgehead atoms. The van der Waals surface area contributed by atoms with Crippen molar-refractivity contribution >= 4 is 11.6 Å². The Balaban J connectivity index is 2.51. The Labute approximate surface area is 96.5 Å². The van der Waals surface area contributed by atoms with Crippen LogP contribution in [-0.4, -0.2) is 19.5 Å². The van der Waals surface area contributed by atoms with Crippen molar-refractivity contribution in [2.24, 2.45) is 0 Å². The summed E-state index contributed by atoms with van der Waals surface area (Å²) in [7, 11) is 1.84. The number of carbonyl (C=O) groups is 1. The highest BCUT2D eigenvalue weighted by atomic mass is 16.2. The van der Waals surface area contributed by atoms with Gasteiger partial charge in [0.15, 0.2) is 0 Å². The van der Waals surface area contributed by atoms with Crippen molar-refractivity contribution < 1.29 is 4.79 Å². The number of benzene rings is 1. The van der Waals surface area contributed by atoms with E-state index in [-0.39, 0.29) is 11.9 Å². The summed E-state index contributed by atoms with van der Waals surface area (Å²) in [5, 5.41) is 3.09. The molecule has 3 heteroatoms. The fourth-order valence-electron chi connectivity index (χ4n) is 2.41. The highest BCUT2D eigenvalue weighted by Gasteiger charge is 2.36. The van der Waals surface area contributed by atoms with E-state index in [0.29, 0.717) is 0 Å². The maximum absolute atomic E-state index is 12.2. The van der Waals surface area contributed by atoms with Crippen LogP contribution < -0.4 is 10.2 Å². The third-order valence-electron chi connectivity index (χ3n) is 3.10. The van der Waals surface area contributed by atoms with Gasteiger partial charge in [0.25, 0.3) is 0 Å². The van der Waals surface area contributed by atoms with Gasteiger partial charge in [0.1, 0.15) is 6.04 Å². The quantitative estimate of drug-likeness (QED) is 0.841. The molecule has 0 saturated carbocycles. The predicted molar refractivity (Wildman–Crippen MR) is 65.6 cm³/mol. The van der Waals surface area contributed by atoms with Crippen LogP contribution in [0.5, 0.6) is 0 Å². The fraction of sp³-hybridized carbons (Fsp3) is 0.462. The van der Waals surface area contributed by atoms with Crippen LogP contribution in [0.1, 0.15) is 30.5 Å². The fourth-order valence-corrected chi connectivity index (χ4v) is 2.41. The molecule has 1 aromatic rings. The van der Waals surface area contributed by atoms with Gasteiger partial charge in [0.2, 0.25) is 5.91 Å². The van der Waals surface area contributed by atoms with E-state index in [0.717, 1.165) is 24.2 Å². The van der Waals surface area contributed by atoms with Gasteiger partial charge >= 0.3 is 0 Å². The number of nitrogens with zero attached hydrogens (tertiary/aromatic N) is 1. The van der Waals surface area contributed by atoms with Gasteiger partial charge in [-0.15, -0.1) is 0 Å². The summed E-state index contributed by atoms with van der Waals surface area (Å²) in [5.74, 6) is 0.175. The van der Waals surface area contributed by atoms with Crippen LogP contribution in [0.2, 0.25) is 0 Å². The number of rotatable bonds is 3. The minimum absolute atomic E-state index is 0.165. The van der Waals surface area contributed by atoms with Crippen LogP contribution in [0.3, 0.4) is 0 Å². The summed E-state index contributed by atoms with van der Waals surface area (Å²) < 4.78 is 0.